The Morgan fingerprint density at radius 3 is 2.53 bits per heavy atom. The van der Waals surface area contributed by atoms with E-state index in [4.69, 9.17) is 14.2 Å². The van der Waals surface area contributed by atoms with Crippen molar-refractivity contribution in [3.05, 3.63) is 0 Å². The number of ether oxygens (including phenoxy) is 3. The molecule has 0 amide bonds. The summed E-state index contributed by atoms with van der Waals surface area (Å²) in [7, 11) is 0. The predicted octanol–water partition coefficient (Wildman–Crippen LogP) is 1.44. The Hall–Kier alpha value is -0.940. The summed E-state index contributed by atoms with van der Waals surface area (Å²) >= 11 is 0. The lowest BCUT2D eigenvalue weighted by atomic mass is 10.1. The zero-order chi connectivity index (χ0) is 12.7. The van der Waals surface area contributed by atoms with Crippen LogP contribution in [0.4, 0.5) is 0 Å². The standard InChI is InChI=1S/C12H20O5/c1-10(2)17-11(14)4-6-12(5-3-7-13)15-8-9-16-12/h7,10H,3-6,8-9H2,1-2H3. The largest absolute Gasteiger partial charge is 0.463 e. The molecule has 1 aliphatic rings. The summed E-state index contributed by atoms with van der Waals surface area (Å²) in [5.74, 6) is -1.03. The van der Waals surface area contributed by atoms with Crippen molar-refractivity contribution in [1.82, 2.24) is 0 Å². The Kier molecular flexibility index (Phi) is 5.58. The molecular formula is C12H20O5. The van der Waals surface area contributed by atoms with Gasteiger partial charge >= 0.3 is 5.97 Å². The lowest BCUT2D eigenvalue weighted by Gasteiger charge is -2.26. The zero-order valence-corrected chi connectivity index (χ0v) is 10.4. The van der Waals surface area contributed by atoms with E-state index in [2.05, 4.69) is 0 Å². The fourth-order valence-corrected chi connectivity index (χ4v) is 1.80. The lowest BCUT2D eigenvalue weighted by molar-refractivity contribution is -0.176. The first-order chi connectivity index (χ1) is 8.08. The highest BCUT2D eigenvalue weighted by atomic mass is 16.7. The third-order valence-corrected chi connectivity index (χ3v) is 2.53. The minimum Gasteiger partial charge on any atom is -0.463 e. The predicted molar refractivity (Wildman–Crippen MR) is 60.4 cm³/mol. The van der Waals surface area contributed by atoms with Crippen LogP contribution in [-0.4, -0.2) is 37.4 Å². The third kappa shape index (κ3) is 4.83. The number of esters is 1. The van der Waals surface area contributed by atoms with E-state index in [1.165, 1.54) is 0 Å². The van der Waals surface area contributed by atoms with Crippen molar-refractivity contribution >= 4 is 12.3 Å². The molecule has 98 valence electrons. The Balaban J connectivity index is 2.39. The van der Waals surface area contributed by atoms with Crippen molar-refractivity contribution in [2.75, 3.05) is 13.2 Å². The van der Waals surface area contributed by atoms with Crippen molar-refractivity contribution < 1.29 is 23.8 Å². The van der Waals surface area contributed by atoms with E-state index in [0.29, 0.717) is 32.5 Å². The highest BCUT2D eigenvalue weighted by Gasteiger charge is 2.36. The van der Waals surface area contributed by atoms with Gasteiger partial charge in [0.15, 0.2) is 5.79 Å². The van der Waals surface area contributed by atoms with Gasteiger partial charge in [0.1, 0.15) is 6.29 Å². The Labute approximate surface area is 101 Å². The van der Waals surface area contributed by atoms with Gasteiger partial charge in [0.25, 0.3) is 0 Å². The van der Waals surface area contributed by atoms with Crippen LogP contribution < -0.4 is 0 Å². The molecule has 1 rings (SSSR count). The molecule has 0 aromatic carbocycles. The second kappa shape index (κ2) is 6.71. The maximum absolute atomic E-state index is 11.4. The van der Waals surface area contributed by atoms with Gasteiger partial charge in [-0.2, -0.15) is 0 Å². The van der Waals surface area contributed by atoms with E-state index in [0.717, 1.165) is 6.29 Å². The number of hydrogen-bond acceptors (Lipinski definition) is 5. The van der Waals surface area contributed by atoms with Crippen LogP contribution in [0, 0.1) is 0 Å². The molecule has 0 saturated carbocycles. The molecule has 5 heteroatoms. The zero-order valence-electron chi connectivity index (χ0n) is 10.4. The molecule has 1 fully saturated rings. The van der Waals surface area contributed by atoms with Gasteiger partial charge in [-0.15, -0.1) is 0 Å². The SMILES string of the molecule is CC(C)OC(=O)CCC1(CCC=O)OCCO1. The molecule has 0 aliphatic carbocycles. The first-order valence-corrected chi connectivity index (χ1v) is 5.99. The van der Waals surface area contributed by atoms with Crippen molar-refractivity contribution in [2.45, 2.75) is 51.4 Å². The number of aldehydes is 1. The molecule has 0 aromatic heterocycles. The maximum Gasteiger partial charge on any atom is 0.306 e. The fraction of sp³-hybridized carbons (Fsp3) is 0.833. The lowest BCUT2D eigenvalue weighted by Crippen LogP contribution is -2.31. The summed E-state index contributed by atoms with van der Waals surface area (Å²) in [6.45, 7) is 4.64. The molecule has 1 heterocycles. The van der Waals surface area contributed by atoms with E-state index in [-0.39, 0.29) is 18.5 Å². The van der Waals surface area contributed by atoms with Gasteiger partial charge in [-0.1, -0.05) is 0 Å². The number of carbonyl (C=O) groups is 2. The van der Waals surface area contributed by atoms with Crippen LogP contribution in [0.15, 0.2) is 0 Å². The summed E-state index contributed by atoms with van der Waals surface area (Å²) in [6, 6.07) is 0. The first-order valence-electron chi connectivity index (χ1n) is 5.99. The van der Waals surface area contributed by atoms with Gasteiger partial charge in [0, 0.05) is 19.3 Å². The van der Waals surface area contributed by atoms with Gasteiger partial charge in [0.05, 0.1) is 25.7 Å². The molecule has 1 saturated heterocycles. The minimum atomic E-state index is -0.767. The molecule has 0 bridgehead atoms. The van der Waals surface area contributed by atoms with Crippen molar-refractivity contribution in [2.24, 2.45) is 0 Å². The van der Waals surface area contributed by atoms with Crippen LogP contribution in [-0.2, 0) is 23.8 Å². The molecule has 17 heavy (non-hydrogen) atoms. The van der Waals surface area contributed by atoms with Gasteiger partial charge in [-0.05, 0) is 13.8 Å². The molecule has 0 atom stereocenters. The van der Waals surface area contributed by atoms with Crippen LogP contribution in [0.25, 0.3) is 0 Å². The summed E-state index contributed by atoms with van der Waals surface area (Å²) in [5.41, 5.74) is 0. The van der Waals surface area contributed by atoms with Crippen LogP contribution >= 0.6 is 0 Å². The molecular weight excluding hydrogens is 224 g/mol. The molecule has 0 aromatic rings. The molecule has 0 N–H and O–H groups in total. The Morgan fingerprint density at radius 2 is 2.00 bits per heavy atom. The smallest absolute Gasteiger partial charge is 0.306 e. The summed E-state index contributed by atoms with van der Waals surface area (Å²) in [6.07, 6.45) is 2.27. The van der Waals surface area contributed by atoms with Gasteiger partial charge in [-0.25, -0.2) is 0 Å². The van der Waals surface area contributed by atoms with Crippen LogP contribution in [0.1, 0.15) is 39.5 Å². The first kappa shape index (κ1) is 14.1. The molecule has 1 aliphatic heterocycles. The molecule has 0 spiro atoms. The second-order valence-electron chi connectivity index (χ2n) is 4.35. The van der Waals surface area contributed by atoms with Crippen LogP contribution in [0.3, 0.4) is 0 Å². The fourth-order valence-electron chi connectivity index (χ4n) is 1.80. The second-order valence-corrected chi connectivity index (χ2v) is 4.35. The van der Waals surface area contributed by atoms with E-state index in [9.17, 15) is 9.59 Å². The third-order valence-electron chi connectivity index (χ3n) is 2.53. The minimum absolute atomic E-state index is 0.112. The van der Waals surface area contributed by atoms with Gasteiger partial charge < -0.3 is 19.0 Å². The van der Waals surface area contributed by atoms with Gasteiger partial charge in [0.2, 0.25) is 0 Å². The molecule has 0 radical (unpaired) electrons. The van der Waals surface area contributed by atoms with Crippen molar-refractivity contribution in [3.63, 3.8) is 0 Å². The maximum atomic E-state index is 11.4. The highest BCUT2D eigenvalue weighted by molar-refractivity contribution is 5.69. The van der Waals surface area contributed by atoms with E-state index >= 15 is 0 Å². The monoisotopic (exact) mass is 244 g/mol. The summed E-state index contributed by atoms with van der Waals surface area (Å²) in [4.78, 5) is 21.8. The Bertz CT molecular complexity index is 256. The highest BCUT2D eigenvalue weighted by Crippen LogP contribution is 2.29. The quantitative estimate of drug-likeness (QED) is 0.501. The van der Waals surface area contributed by atoms with E-state index in [1.807, 2.05) is 13.8 Å². The summed E-state index contributed by atoms with van der Waals surface area (Å²) < 4.78 is 16.1. The average Bonchev–Trinajstić information content (AvgIpc) is 2.72. The number of carbonyl (C=O) groups excluding carboxylic acids is 2. The summed E-state index contributed by atoms with van der Waals surface area (Å²) in [5, 5.41) is 0. The van der Waals surface area contributed by atoms with E-state index in [1.54, 1.807) is 0 Å². The topological polar surface area (TPSA) is 61.8 Å². The Morgan fingerprint density at radius 1 is 1.35 bits per heavy atom. The van der Waals surface area contributed by atoms with Crippen molar-refractivity contribution in [1.29, 1.82) is 0 Å². The van der Waals surface area contributed by atoms with Crippen LogP contribution in [0.2, 0.25) is 0 Å². The van der Waals surface area contributed by atoms with E-state index < -0.39 is 5.79 Å². The van der Waals surface area contributed by atoms with Crippen molar-refractivity contribution in [3.8, 4) is 0 Å². The molecule has 5 nitrogen and oxygen atoms in total. The number of rotatable bonds is 7. The average molecular weight is 244 g/mol. The van der Waals surface area contributed by atoms with Crippen LogP contribution in [0.5, 0.6) is 0 Å². The normalized spacial score (nSPS) is 18.3. The number of hydrogen-bond donors (Lipinski definition) is 0. The van der Waals surface area contributed by atoms with Gasteiger partial charge in [-0.3, -0.25) is 4.79 Å². The molecule has 0 unspecified atom stereocenters.